The molecule has 0 bridgehead atoms. The third-order valence-electron chi connectivity index (χ3n) is 2.74. The molecule has 0 spiro atoms. The van der Waals surface area contributed by atoms with Gasteiger partial charge in [0.2, 0.25) is 0 Å². The molecule has 102 valence electrons. The van der Waals surface area contributed by atoms with Crippen LogP contribution >= 0.6 is 11.6 Å². The second-order valence-corrected chi connectivity index (χ2v) is 4.46. The number of aromatic amines is 1. The number of aromatic nitrogens is 3. The van der Waals surface area contributed by atoms with Crippen LogP contribution in [0.2, 0.25) is 5.02 Å². The Morgan fingerprint density at radius 2 is 2.10 bits per heavy atom. The number of benzene rings is 1. The molecule has 0 saturated carbocycles. The maximum atomic E-state index is 13.9. The van der Waals surface area contributed by atoms with Crippen molar-refractivity contribution in [1.82, 2.24) is 15.2 Å². The van der Waals surface area contributed by atoms with E-state index in [1.165, 1.54) is 18.2 Å². The summed E-state index contributed by atoms with van der Waals surface area (Å²) in [5.74, 6) is -1.36. The Morgan fingerprint density at radius 3 is 2.90 bits per heavy atom. The van der Waals surface area contributed by atoms with Gasteiger partial charge in [-0.3, -0.25) is 5.10 Å². The molecule has 2 aromatic heterocycles. The van der Waals surface area contributed by atoms with Crippen LogP contribution in [0.5, 0.6) is 0 Å². The van der Waals surface area contributed by atoms with Crippen molar-refractivity contribution in [3.8, 4) is 0 Å². The van der Waals surface area contributed by atoms with Crippen molar-refractivity contribution in [3.63, 3.8) is 0 Å². The fourth-order valence-electron chi connectivity index (χ4n) is 1.76. The van der Waals surface area contributed by atoms with Gasteiger partial charge in [0.05, 0.1) is 16.1 Å². The standard InChI is InChI=1S/C12H8ClF2N5/c13-6-2-1-3-8(9(6)15)17-12-7(14)4-5-10(16)19-20-11(5)18-12/h1-4H,(H4,16,17,18,19,20). The highest BCUT2D eigenvalue weighted by atomic mass is 35.5. The molecule has 0 saturated heterocycles. The van der Waals surface area contributed by atoms with E-state index in [1.54, 1.807) is 6.07 Å². The zero-order chi connectivity index (χ0) is 14.3. The summed E-state index contributed by atoms with van der Waals surface area (Å²) in [6, 6.07) is 5.53. The van der Waals surface area contributed by atoms with Crippen LogP contribution in [0, 0.1) is 11.6 Å². The number of nitrogens with zero attached hydrogens (tertiary/aromatic N) is 2. The van der Waals surface area contributed by atoms with Crippen LogP contribution in [0.25, 0.3) is 11.0 Å². The SMILES string of the molecule is Nc1n[nH]c2nc(Nc3cccc(Cl)c3F)c(F)cc12. The maximum Gasteiger partial charge on any atom is 0.169 e. The van der Waals surface area contributed by atoms with Gasteiger partial charge in [-0.15, -0.1) is 0 Å². The predicted molar refractivity (Wildman–Crippen MR) is 73.0 cm³/mol. The molecule has 8 heteroatoms. The summed E-state index contributed by atoms with van der Waals surface area (Å²) in [4.78, 5) is 3.97. The van der Waals surface area contributed by atoms with Crippen LogP contribution in [0.1, 0.15) is 0 Å². The number of H-pyrrole nitrogens is 1. The average Bonchev–Trinajstić information content (AvgIpc) is 2.77. The fraction of sp³-hybridized carbons (Fsp3) is 0. The van der Waals surface area contributed by atoms with Gasteiger partial charge in [-0.05, 0) is 18.2 Å². The molecule has 0 aliphatic heterocycles. The number of rotatable bonds is 2. The van der Waals surface area contributed by atoms with Crippen molar-refractivity contribution in [1.29, 1.82) is 0 Å². The molecule has 0 aliphatic carbocycles. The Balaban J connectivity index is 2.06. The first kappa shape index (κ1) is 12.6. The van der Waals surface area contributed by atoms with Gasteiger partial charge in [-0.2, -0.15) is 5.10 Å². The minimum Gasteiger partial charge on any atom is -0.382 e. The zero-order valence-electron chi connectivity index (χ0n) is 9.92. The molecule has 0 atom stereocenters. The quantitative estimate of drug-likeness (QED) is 0.678. The topological polar surface area (TPSA) is 79.6 Å². The fourth-order valence-corrected chi connectivity index (χ4v) is 1.93. The van der Waals surface area contributed by atoms with Gasteiger partial charge in [0.1, 0.15) is 0 Å². The highest BCUT2D eigenvalue weighted by Gasteiger charge is 2.13. The lowest BCUT2D eigenvalue weighted by Gasteiger charge is -2.08. The zero-order valence-corrected chi connectivity index (χ0v) is 10.7. The molecule has 0 radical (unpaired) electrons. The van der Waals surface area contributed by atoms with E-state index in [-0.39, 0.29) is 22.3 Å². The Hall–Kier alpha value is -2.41. The van der Waals surface area contributed by atoms with Gasteiger partial charge in [0.25, 0.3) is 0 Å². The molecular formula is C12H8ClF2N5. The van der Waals surface area contributed by atoms with E-state index in [9.17, 15) is 8.78 Å². The molecule has 20 heavy (non-hydrogen) atoms. The predicted octanol–water partition coefficient (Wildman–Crippen LogP) is 3.22. The Kier molecular flexibility index (Phi) is 2.90. The second-order valence-electron chi connectivity index (χ2n) is 4.05. The lowest BCUT2D eigenvalue weighted by Crippen LogP contribution is -2.00. The van der Waals surface area contributed by atoms with E-state index in [1.807, 2.05) is 0 Å². The molecule has 4 N–H and O–H groups in total. The summed E-state index contributed by atoms with van der Waals surface area (Å²) in [5.41, 5.74) is 5.87. The number of nitrogens with one attached hydrogen (secondary N) is 2. The molecule has 0 amide bonds. The smallest absolute Gasteiger partial charge is 0.169 e. The Morgan fingerprint density at radius 1 is 1.30 bits per heavy atom. The highest BCUT2D eigenvalue weighted by molar-refractivity contribution is 6.31. The summed E-state index contributed by atoms with van der Waals surface area (Å²) in [7, 11) is 0. The van der Waals surface area contributed by atoms with Crippen molar-refractivity contribution in [2.75, 3.05) is 11.1 Å². The third-order valence-corrected chi connectivity index (χ3v) is 3.03. The number of hydrogen-bond acceptors (Lipinski definition) is 4. The van der Waals surface area contributed by atoms with Gasteiger partial charge in [0, 0.05) is 0 Å². The Bertz CT molecular complexity index is 802. The average molecular weight is 296 g/mol. The molecule has 2 heterocycles. The normalized spacial score (nSPS) is 10.9. The number of pyridine rings is 1. The minimum atomic E-state index is -0.681. The first-order valence-electron chi connectivity index (χ1n) is 5.57. The number of anilines is 3. The number of hydrogen-bond donors (Lipinski definition) is 3. The van der Waals surface area contributed by atoms with Gasteiger partial charge in [-0.1, -0.05) is 17.7 Å². The minimum absolute atomic E-state index is 0.0238. The van der Waals surface area contributed by atoms with Crippen LogP contribution < -0.4 is 11.1 Å². The molecule has 3 aromatic rings. The van der Waals surface area contributed by atoms with E-state index in [0.717, 1.165) is 0 Å². The summed E-state index contributed by atoms with van der Waals surface area (Å²) < 4.78 is 27.7. The third kappa shape index (κ3) is 2.01. The van der Waals surface area contributed by atoms with Crippen LogP contribution in [0.3, 0.4) is 0 Å². The molecular weight excluding hydrogens is 288 g/mol. The van der Waals surface area contributed by atoms with Crippen molar-refractivity contribution in [3.05, 3.63) is 40.9 Å². The molecule has 0 unspecified atom stereocenters. The van der Waals surface area contributed by atoms with E-state index < -0.39 is 11.6 Å². The van der Waals surface area contributed by atoms with Gasteiger partial charge < -0.3 is 11.1 Å². The van der Waals surface area contributed by atoms with Crippen molar-refractivity contribution >= 4 is 40.0 Å². The number of nitrogen functional groups attached to an aromatic ring is 1. The van der Waals surface area contributed by atoms with Gasteiger partial charge in [0.15, 0.2) is 28.9 Å². The summed E-state index contributed by atoms with van der Waals surface area (Å²) in [6.07, 6.45) is 0. The largest absolute Gasteiger partial charge is 0.382 e. The van der Waals surface area contributed by atoms with Crippen LogP contribution in [0.4, 0.5) is 26.1 Å². The van der Waals surface area contributed by atoms with Crippen molar-refractivity contribution < 1.29 is 8.78 Å². The molecule has 3 rings (SSSR count). The first-order chi connectivity index (χ1) is 9.56. The van der Waals surface area contributed by atoms with E-state index in [0.29, 0.717) is 11.0 Å². The summed E-state index contributed by atoms with van der Waals surface area (Å²) >= 11 is 5.66. The van der Waals surface area contributed by atoms with Gasteiger partial charge in [-0.25, -0.2) is 13.8 Å². The summed E-state index contributed by atoms with van der Waals surface area (Å²) in [5, 5.41) is 9.11. The van der Waals surface area contributed by atoms with E-state index in [2.05, 4.69) is 20.5 Å². The lowest BCUT2D eigenvalue weighted by atomic mass is 10.3. The molecule has 5 nitrogen and oxygen atoms in total. The van der Waals surface area contributed by atoms with Crippen LogP contribution in [-0.4, -0.2) is 15.2 Å². The molecule has 0 aliphatic rings. The lowest BCUT2D eigenvalue weighted by molar-refractivity contribution is 0.623. The second kappa shape index (κ2) is 4.61. The Labute approximate surface area is 116 Å². The van der Waals surface area contributed by atoms with Crippen LogP contribution in [-0.2, 0) is 0 Å². The van der Waals surface area contributed by atoms with E-state index in [4.69, 9.17) is 17.3 Å². The highest BCUT2D eigenvalue weighted by Crippen LogP contribution is 2.27. The monoisotopic (exact) mass is 295 g/mol. The number of fused-ring (bicyclic) bond motifs is 1. The van der Waals surface area contributed by atoms with Crippen molar-refractivity contribution in [2.45, 2.75) is 0 Å². The summed E-state index contributed by atoms with van der Waals surface area (Å²) in [6.45, 7) is 0. The number of nitrogens with two attached hydrogens (primary N) is 1. The van der Waals surface area contributed by atoms with Crippen LogP contribution in [0.15, 0.2) is 24.3 Å². The molecule has 1 aromatic carbocycles. The van der Waals surface area contributed by atoms with Gasteiger partial charge >= 0.3 is 0 Å². The van der Waals surface area contributed by atoms with E-state index >= 15 is 0 Å². The number of halogens is 3. The first-order valence-corrected chi connectivity index (χ1v) is 5.95. The maximum absolute atomic E-state index is 13.9. The van der Waals surface area contributed by atoms with Crippen molar-refractivity contribution in [2.24, 2.45) is 0 Å². The molecule has 0 fully saturated rings.